The fourth-order valence-corrected chi connectivity index (χ4v) is 1.70. The van der Waals surface area contributed by atoms with E-state index in [0.717, 1.165) is 18.0 Å². The van der Waals surface area contributed by atoms with Gasteiger partial charge in [-0.25, -0.2) is 0 Å². The van der Waals surface area contributed by atoms with E-state index in [2.05, 4.69) is 0 Å². The summed E-state index contributed by atoms with van der Waals surface area (Å²) in [7, 11) is 0. The molecule has 0 heterocycles. The summed E-state index contributed by atoms with van der Waals surface area (Å²) in [5, 5.41) is 9.85. The minimum Gasteiger partial charge on any atom is -0.611 e. The molecule has 0 N–H and O–H groups in total. The van der Waals surface area contributed by atoms with Gasteiger partial charge in [-0.1, -0.05) is 11.8 Å². The van der Waals surface area contributed by atoms with E-state index in [1.54, 1.807) is 6.26 Å². The summed E-state index contributed by atoms with van der Waals surface area (Å²) < 4.78 is 10.9. The van der Waals surface area contributed by atoms with Gasteiger partial charge in [0.2, 0.25) is 0 Å². The van der Waals surface area contributed by atoms with E-state index in [1.165, 1.54) is 6.26 Å². The van der Waals surface area contributed by atoms with Gasteiger partial charge in [-0.05, 0) is 17.4 Å². The Hall–Kier alpha value is -0.200. The molecule has 0 aliphatic carbocycles. The Labute approximate surface area is 66.0 Å². The van der Waals surface area contributed by atoms with Crippen LogP contribution in [-0.4, -0.2) is 22.0 Å². The van der Waals surface area contributed by atoms with E-state index < -0.39 is 16.1 Å². The van der Waals surface area contributed by atoms with Crippen LogP contribution in [0.15, 0.2) is 10.4 Å². The molecular formula is C4H7NO3S2. The molecule has 58 valence electrons. The molecular weight excluding hydrogens is 174 g/mol. The molecule has 1 atom stereocenters. The van der Waals surface area contributed by atoms with Gasteiger partial charge in [0.1, 0.15) is 6.26 Å². The van der Waals surface area contributed by atoms with E-state index in [-0.39, 0.29) is 4.24 Å². The lowest BCUT2D eigenvalue weighted by molar-refractivity contribution is -0.402. The molecule has 0 aliphatic heterocycles. The maximum atomic E-state index is 10.6. The van der Waals surface area contributed by atoms with Crippen molar-refractivity contribution in [2.75, 3.05) is 12.5 Å². The molecule has 0 aromatic heterocycles. The van der Waals surface area contributed by atoms with Crippen LogP contribution >= 0.6 is 11.8 Å². The van der Waals surface area contributed by atoms with Crippen molar-refractivity contribution in [3.8, 4) is 0 Å². The second-order valence-corrected chi connectivity index (χ2v) is 3.85. The predicted molar refractivity (Wildman–Crippen MR) is 42.7 cm³/mol. The number of hydrogen-bond donors (Lipinski definition) is 0. The van der Waals surface area contributed by atoms with Crippen LogP contribution in [0.4, 0.5) is 0 Å². The molecule has 0 amide bonds. The summed E-state index contributed by atoms with van der Waals surface area (Å²) in [4.78, 5) is 9.25. The molecule has 0 fully saturated rings. The molecule has 0 aliphatic rings. The zero-order chi connectivity index (χ0) is 8.15. The average molecular weight is 181 g/mol. The minimum atomic E-state index is -1.24. The van der Waals surface area contributed by atoms with Crippen molar-refractivity contribution < 1.29 is 9.48 Å². The third-order valence-electron chi connectivity index (χ3n) is 0.695. The van der Waals surface area contributed by atoms with Gasteiger partial charge < -0.3 is 4.55 Å². The first kappa shape index (κ1) is 9.80. The molecule has 0 aromatic rings. The van der Waals surface area contributed by atoms with Gasteiger partial charge >= 0.3 is 0 Å². The number of hydrogen-bond acceptors (Lipinski definition) is 4. The second kappa shape index (κ2) is 4.59. The highest BCUT2D eigenvalue weighted by Crippen LogP contribution is 2.17. The summed E-state index contributed by atoms with van der Waals surface area (Å²) in [6, 6.07) is 0. The number of nitrogens with zero attached hydrogens (tertiary/aromatic N) is 1. The number of thioether (sulfide) groups is 1. The van der Waals surface area contributed by atoms with E-state index in [9.17, 15) is 14.7 Å². The summed E-state index contributed by atoms with van der Waals surface area (Å²) in [5.41, 5.74) is 0. The SMILES string of the molecule is CS/C(=C/[N+](=O)[O-])[S+](C)[O-]. The Kier molecular flexibility index (Phi) is 4.50. The molecule has 0 saturated carbocycles. The first-order chi connectivity index (χ1) is 4.57. The van der Waals surface area contributed by atoms with E-state index in [4.69, 9.17) is 0 Å². The van der Waals surface area contributed by atoms with Crippen molar-refractivity contribution >= 4 is 22.9 Å². The van der Waals surface area contributed by atoms with Gasteiger partial charge in [0.05, 0.1) is 4.92 Å². The van der Waals surface area contributed by atoms with Crippen LogP contribution in [0.1, 0.15) is 0 Å². The Balaban J connectivity index is 4.18. The smallest absolute Gasteiger partial charge is 0.295 e. The molecule has 4 nitrogen and oxygen atoms in total. The lowest BCUT2D eigenvalue weighted by Gasteiger charge is -2.01. The van der Waals surface area contributed by atoms with Crippen molar-refractivity contribution in [2.24, 2.45) is 0 Å². The van der Waals surface area contributed by atoms with Crippen molar-refractivity contribution in [2.45, 2.75) is 0 Å². The number of nitro groups is 1. The van der Waals surface area contributed by atoms with Crippen LogP contribution in [0.2, 0.25) is 0 Å². The molecule has 10 heavy (non-hydrogen) atoms. The van der Waals surface area contributed by atoms with Crippen molar-refractivity contribution in [3.63, 3.8) is 0 Å². The molecule has 0 spiro atoms. The third-order valence-corrected chi connectivity index (χ3v) is 3.08. The lowest BCUT2D eigenvalue weighted by Crippen LogP contribution is -1.99. The van der Waals surface area contributed by atoms with Crippen molar-refractivity contribution in [1.82, 2.24) is 0 Å². The zero-order valence-corrected chi connectivity index (χ0v) is 7.20. The Morgan fingerprint density at radius 3 is 2.40 bits per heavy atom. The number of rotatable bonds is 3. The first-order valence-corrected chi connectivity index (χ1v) is 5.09. The average Bonchev–Trinajstić information content (AvgIpc) is 1.81. The third kappa shape index (κ3) is 3.76. The van der Waals surface area contributed by atoms with Crippen molar-refractivity contribution in [3.05, 3.63) is 20.6 Å². The fraction of sp³-hybridized carbons (Fsp3) is 0.500. The molecule has 1 unspecified atom stereocenters. The van der Waals surface area contributed by atoms with E-state index in [1.807, 2.05) is 0 Å². The highest BCUT2D eigenvalue weighted by Gasteiger charge is 2.11. The quantitative estimate of drug-likeness (QED) is 0.367. The summed E-state index contributed by atoms with van der Waals surface area (Å²) >= 11 is -0.116. The van der Waals surface area contributed by atoms with Gasteiger partial charge in [-0.3, -0.25) is 10.1 Å². The Morgan fingerprint density at radius 1 is 1.80 bits per heavy atom. The van der Waals surface area contributed by atoms with Gasteiger partial charge in [-0.2, -0.15) is 0 Å². The Bertz CT molecular complexity index is 157. The highest BCUT2D eigenvalue weighted by molar-refractivity contribution is 8.18. The van der Waals surface area contributed by atoms with Crippen LogP contribution in [0.25, 0.3) is 0 Å². The van der Waals surface area contributed by atoms with Crippen LogP contribution in [0.3, 0.4) is 0 Å². The fourth-order valence-electron chi connectivity index (χ4n) is 0.330. The monoisotopic (exact) mass is 181 g/mol. The van der Waals surface area contributed by atoms with E-state index in [0.29, 0.717) is 0 Å². The van der Waals surface area contributed by atoms with Crippen LogP contribution in [0, 0.1) is 10.1 Å². The van der Waals surface area contributed by atoms with Crippen molar-refractivity contribution in [1.29, 1.82) is 0 Å². The molecule has 0 aromatic carbocycles. The van der Waals surface area contributed by atoms with E-state index >= 15 is 0 Å². The normalized spacial score (nSPS) is 14.9. The van der Waals surface area contributed by atoms with Gasteiger partial charge in [0.15, 0.2) is 0 Å². The van der Waals surface area contributed by atoms with Gasteiger partial charge in [-0.15, -0.1) is 0 Å². The standard InChI is InChI=1S/C4H7NO3S2/c1-9-4(10(2)8)3-5(6)7/h3H,1-2H3/b4-3-. The summed E-state index contributed by atoms with van der Waals surface area (Å²) in [6.45, 7) is 0. The molecule has 0 rings (SSSR count). The Morgan fingerprint density at radius 2 is 2.30 bits per heavy atom. The van der Waals surface area contributed by atoms with Crippen LogP contribution in [-0.2, 0) is 11.2 Å². The molecule has 0 bridgehead atoms. The van der Waals surface area contributed by atoms with Crippen LogP contribution < -0.4 is 0 Å². The molecule has 6 heteroatoms. The second-order valence-electron chi connectivity index (χ2n) is 1.39. The maximum absolute atomic E-state index is 10.6. The lowest BCUT2D eigenvalue weighted by atomic mass is 11.1. The topological polar surface area (TPSA) is 66.2 Å². The van der Waals surface area contributed by atoms with Gasteiger partial charge in [0, 0.05) is 0 Å². The largest absolute Gasteiger partial charge is 0.611 e. The predicted octanol–water partition coefficient (Wildman–Crippen LogP) is 0.803. The molecule has 0 saturated heterocycles. The molecule has 0 radical (unpaired) electrons. The zero-order valence-electron chi connectivity index (χ0n) is 5.57. The summed E-state index contributed by atoms with van der Waals surface area (Å²) in [6.07, 6.45) is 3.82. The minimum absolute atomic E-state index is 0.282. The highest BCUT2D eigenvalue weighted by atomic mass is 32.3. The maximum Gasteiger partial charge on any atom is 0.295 e. The summed E-state index contributed by atoms with van der Waals surface area (Å²) in [5.74, 6) is 0. The first-order valence-electron chi connectivity index (χ1n) is 2.30. The van der Waals surface area contributed by atoms with Crippen LogP contribution in [0.5, 0.6) is 0 Å². The van der Waals surface area contributed by atoms with Gasteiger partial charge in [0.25, 0.3) is 10.4 Å².